The van der Waals surface area contributed by atoms with E-state index in [1.807, 2.05) is 0 Å². The summed E-state index contributed by atoms with van der Waals surface area (Å²) in [4.78, 5) is 0. The van der Waals surface area contributed by atoms with Gasteiger partial charge in [0.25, 0.3) is 0 Å². The third-order valence-electron chi connectivity index (χ3n) is 3.00. The van der Waals surface area contributed by atoms with Gasteiger partial charge in [-0.2, -0.15) is 0 Å². The molecule has 0 saturated carbocycles. The summed E-state index contributed by atoms with van der Waals surface area (Å²) in [5.74, 6) is 0.984. The van der Waals surface area contributed by atoms with Crippen molar-refractivity contribution < 1.29 is 13.2 Å². The Hall–Kier alpha value is -0.0100. The van der Waals surface area contributed by atoms with Crippen molar-refractivity contribution in [2.75, 3.05) is 24.7 Å². The van der Waals surface area contributed by atoms with Gasteiger partial charge in [0, 0.05) is 23.1 Å². The molecule has 0 bridgehead atoms. The summed E-state index contributed by atoms with van der Waals surface area (Å²) in [5, 5.41) is 4.17. The van der Waals surface area contributed by atoms with Crippen LogP contribution in [0.4, 0.5) is 0 Å². The van der Waals surface area contributed by atoms with E-state index in [0.29, 0.717) is 39.8 Å². The molecule has 4 nitrogen and oxygen atoms in total. The van der Waals surface area contributed by atoms with Crippen LogP contribution in [0.2, 0.25) is 10.0 Å². The molecule has 1 aromatic carbocycles. The predicted octanol–water partition coefficient (Wildman–Crippen LogP) is 2.91. The lowest BCUT2D eigenvalue weighted by molar-refractivity contribution is 0.307. The third kappa shape index (κ3) is 4.49. The van der Waals surface area contributed by atoms with Crippen molar-refractivity contribution >= 4 is 49.0 Å². The highest BCUT2D eigenvalue weighted by Gasteiger charge is 2.27. The SMILES string of the molecule is O=S1(=O)CCC(NCCOc2cc(Cl)c(Br)cc2Cl)C1. The minimum Gasteiger partial charge on any atom is -0.491 e. The summed E-state index contributed by atoms with van der Waals surface area (Å²) in [6.07, 6.45) is 0.660. The molecule has 1 aromatic rings. The molecule has 0 aromatic heterocycles. The van der Waals surface area contributed by atoms with Crippen LogP contribution < -0.4 is 10.1 Å². The monoisotopic (exact) mass is 401 g/mol. The van der Waals surface area contributed by atoms with Gasteiger partial charge in [0.1, 0.15) is 12.4 Å². The van der Waals surface area contributed by atoms with E-state index in [4.69, 9.17) is 27.9 Å². The van der Waals surface area contributed by atoms with Gasteiger partial charge in [-0.1, -0.05) is 23.2 Å². The highest BCUT2D eigenvalue weighted by Crippen LogP contribution is 2.33. The molecule has 2 rings (SSSR count). The molecule has 1 fully saturated rings. The first kappa shape index (κ1) is 16.4. The summed E-state index contributed by atoms with van der Waals surface area (Å²) >= 11 is 15.3. The Morgan fingerprint density at radius 3 is 2.75 bits per heavy atom. The summed E-state index contributed by atoms with van der Waals surface area (Å²) < 4.78 is 28.9. The van der Waals surface area contributed by atoms with Crippen LogP contribution in [0.15, 0.2) is 16.6 Å². The van der Waals surface area contributed by atoms with Gasteiger partial charge in [0.05, 0.1) is 21.6 Å². The first-order valence-corrected chi connectivity index (χ1v) is 9.45. The number of hydrogen-bond donors (Lipinski definition) is 1. The molecular weight excluding hydrogens is 389 g/mol. The van der Waals surface area contributed by atoms with Crippen molar-refractivity contribution in [2.45, 2.75) is 12.5 Å². The van der Waals surface area contributed by atoms with Crippen LogP contribution in [0.1, 0.15) is 6.42 Å². The lowest BCUT2D eigenvalue weighted by atomic mass is 10.3. The van der Waals surface area contributed by atoms with Gasteiger partial charge < -0.3 is 10.1 Å². The fraction of sp³-hybridized carbons (Fsp3) is 0.500. The second-order valence-corrected chi connectivity index (χ2v) is 8.50. The Kier molecular flexibility index (Phi) is 5.59. The van der Waals surface area contributed by atoms with E-state index in [0.717, 1.165) is 0 Å². The van der Waals surface area contributed by atoms with E-state index in [1.54, 1.807) is 12.1 Å². The maximum atomic E-state index is 11.3. The molecule has 112 valence electrons. The highest BCUT2D eigenvalue weighted by molar-refractivity contribution is 9.10. The maximum Gasteiger partial charge on any atom is 0.151 e. The van der Waals surface area contributed by atoms with Gasteiger partial charge in [-0.25, -0.2) is 8.42 Å². The molecule has 1 aliphatic rings. The number of nitrogens with one attached hydrogen (secondary N) is 1. The van der Waals surface area contributed by atoms with E-state index in [9.17, 15) is 8.42 Å². The molecule has 0 spiro atoms. The van der Waals surface area contributed by atoms with E-state index >= 15 is 0 Å². The molecule has 1 atom stereocenters. The largest absolute Gasteiger partial charge is 0.491 e. The van der Waals surface area contributed by atoms with Crippen LogP contribution in [0.3, 0.4) is 0 Å². The molecule has 8 heteroatoms. The van der Waals surface area contributed by atoms with Gasteiger partial charge in [-0.3, -0.25) is 0 Å². The molecule has 1 N–H and O–H groups in total. The first-order valence-electron chi connectivity index (χ1n) is 6.08. The average Bonchev–Trinajstić information content (AvgIpc) is 2.70. The zero-order valence-corrected chi connectivity index (χ0v) is 14.4. The average molecular weight is 403 g/mol. The molecule has 0 aliphatic carbocycles. The lowest BCUT2D eigenvalue weighted by Crippen LogP contribution is -2.33. The Labute approximate surface area is 136 Å². The molecular formula is C12H14BrCl2NO3S. The fourth-order valence-electron chi connectivity index (χ4n) is 1.99. The van der Waals surface area contributed by atoms with Gasteiger partial charge >= 0.3 is 0 Å². The summed E-state index contributed by atoms with van der Waals surface area (Å²) in [5.41, 5.74) is 0. The smallest absolute Gasteiger partial charge is 0.151 e. The third-order valence-corrected chi connectivity index (χ3v) is 6.26. The van der Waals surface area contributed by atoms with E-state index < -0.39 is 9.84 Å². The summed E-state index contributed by atoms with van der Waals surface area (Å²) in [6, 6.07) is 3.34. The molecule has 0 amide bonds. The Morgan fingerprint density at radius 2 is 2.10 bits per heavy atom. The van der Waals surface area contributed by atoms with Crippen molar-refractivity contribution in [3.8, 4) is 5.75 Å². The van der Waals surface area contributed by atoms with Crippen LogP contribution in [-0.2, 0) is 9.84 Å². The second kappa shape index (κ2) is 6.83. The zero-order valence-electron chi connectivity index (χ0n) is 10.5. The van der Waals surface area contributed by atoms with Crippen LogP contribution in [0, 0.1) is 0 Å². The quantitative estimate of drug-likeness (QED) is 0.607. The number of ether oxygens (including phenoxy) is 1. The van der Waals surface area contributed by atoms with Crippen molar-refractivity contribution in [2.24, 2.45) is 0 Å². The molecule has 1 unspecified atom stereocenters. The lowest BCUT2D eigenvalue weighted by Gasteiger charge is -2.12. The zero-order chi connectivity index (χ0) is 14.8. The number of rotatable bonds is 5. The Balaban J connectivity index is 1.78. The summed E-state index contributed by atoms with van der Waals surface area (Å²) in [7, 11) is -2.85. The fourth-order valence-corrected chi connectivity index (χ4v) is 4.55. The minimum atomic E-state index is -2.85. The Morgan fingerprint density at radius 1 is 1.35 bits per heavy atom. The first-order chi connectivity index (χ1) is 9.37. The second-order valence-electron chi connectivity index (χ2n) is 4.60. The van der Waals surface area contributed by atoms with Crippen LogP contribution in [0.25, 0.3) is 0 Å². The van der Waals surface area contributed by atoms with Gasteiger partial charge in [-0.15, -0.1) is 0 Å². The molecule has 0 radical (unpaired) electrons. The topological polar surface area (TPSA) is 55.4 Å². The molecule has 1 heterocycles. The predicted molar refractivity (Wildman–Crippen MR) is 84.7 cm³/mol. The summed E-state index contributed by atoms with van der Waals surface area (Å²) in [6.45, 7) is 0.957. The molecule has 20 heavy (non-hydrogen) atoms. The van der Waals surface area contributed by atoms with E-state index in [2.05, 4.69) is 21.2 Å². The van der Waals surface area contributed by atoms with Crippen molar-refractivity contribution in [1.29, 1.82) is 0 Å². The number of benzene rings is 1. The van der Waals surface area contributed by atoms with Gasteiger partial charge in [-0.05, 0) is 28.4 Å². The van der Waals surface area contributed by atoms with Gasteiger partial charge in [0.15, 0.2) is 9.84 Å². The number of sulfone groups is 1. The van der Waals surface area contributed by atoms with Crippen molar-refractivity contribution in [1.82, 2.24) is 5.32 Å². The highest BCUT2D eigenvalue weighted by atomic mass is 79.9. The minimum absolute atomic E-state index is 0.0209. The van der Waals surface area contributed by atoms with E-state index in [-0.39, 0.29) is 17.5 Å². The van der Waals surface area contributed by atoms with Crippen LogP contribution in [-0.4, -0.2) is 39.1 Å². The number of halogens is 3. The standard InChI is InChI=1S/C12H14BrCl2NO3S/c13-9-5-11(15)12(6-10(9)14)19-3-2-16-8-1-4-20(17,18)7-8/h5-6,8,16H,1-4,7H2. The van der Waals surface area contributed by atoms with E-state index in [1.165, 1.54) is 0 Å². The Bertz CT molecular complexity index is 595. The molecule has 1 saturated heterocycles. The van der Waals surface area contributed by atoms with Crippen LogP contribution >= 0.6 is 39.1 Å². The molecule has 1 aliphatic heterocycles. The van der Waals surface area contributed by atoms with Crippen LogP contribution in [0.5, 0.6) is 5.75 Å². The number of hydrogen-bond acceptors (Lipinski definition) is 4. The van der Waals surface area contributed by atoms with Crippen molar-refractivity contribution in [3.05, 3.63) is 26.7 Å². The normalized spacial score (nSPS) is 21.1. The maximum absolute atomic E-state index is 11.3. The van der Waals surface area contributed by atoms with Gasteiger partial charge in [0.2, 0.25) is 0 Å². The van der Waals surface area contributed by atoms with Crippen molar-refractivity contribution in [3.63, 3.8) is 0 Å².